The number of piperidine rings is 1. The number of halogens is 1. The Hall–Kier alpha value is -1.02. The molecule has 3 rings (SSSR count). The topological polar surface area (TPSA) is 49.9 Å². The van der Waals surface area contributed by atoms with E-state index in [0.717, 1.165) is 19.2 Å². The monoisotopic (exact) mass is 342 g/mol. The van der Waals surface area contributed by atoms with Crippen LogP contribution in [-0.2, 0) is 14.8 Å². The third-order valence-corrected chi connectivity index (χ3v) is 6.96. The van der Waals surface area contributed by atoms with Crippen LogP contribution < -0.4 is 0 Å². The van der Waals surface area contributed by atoms with Crippen LogP contribution in [0.1, 0.15) is 13.3 Å². The highest BCUT2D eigenvalue weighted by Gasteiger charge is 2.48. The van der Waals surface area contributed by atoms with Crippen LogP contribution in [0.5, 0.6) is 0 Å². The van der Waals surface area contributed by atoms with E-state index in [9.17, 15) is 12.8 Å². The molecule has 7 heteroatoms. The molecule has 2 aliphatic rings. The van der Waals surface area contributed by atoms with Crippen LogP contribution in [-0.4, -0.2) is 63.1 Å². The molecular weight excluding hydrogens is 319 g/mol. The summed E-state index contributed by atoms with van der Waals surface area (Å²) in [4.78, 5) is 2.28. The van der Waals surface area contributed by atoms with Crippen molar-refractivity contribution in [2.24, 2.45) is 5.92 Å². The van der Waals surface area contributed by atoms with Gasteiger partial charge in [0.05, 0.1) is 11.0 Å². The number of likely N-dealkylation sites (tertiary alicyclic amines) is 1. The number of benzene rings is 1. The average Bonchev–Trinajstić information content (AvgIpc) is 2.98. The smallest absolute Gasteiger partial charge is 0.243 e. The lowest BCUT2D eigenvalue weighted by Crippen LogP contribution is -2.53. The molecule has 0 bridgehead atoms. The van der Waals surface area contributed by atoms with Crippen LogP contribution in [0.4, 0.5) is 4.39 Å². The van der Waals surface area contributed by atoms with Gasteiger partial charge < -0.3 is 9.64 Å². The van der Waals surface area contributed by atoms with E-state index in [0.29, 0.717) is 19.5 Å². The Morgan fingerprint density at radius 1 is 1.35 bits per heavy atom. The third-order valence-electron chi connectivity index (χ3n) is 5.04. The highest BCUT2D eigenvalue weighted by Crippen LogP contribution is 2.35. The van der Waals surface area contributed by atoms with Crippen LogP contribution in [0.3, 0.4) is 0 Å². The average molecular weight is 342 g/mol. The molecule has 128 valence electrons. The Kier molecular flexibility index (Phi) is 4.73. The Balaban J connectivity index is 1.93. The number of likely N-dealkylation sites (N-methyl/N-ethyl adjacent to an activating group) is 1. The van der Waals surface area contributed by atoms with Crippen molar-refractivity contribution in [3.63, 3.8) is 0 Å². The summed E-state index contributed by atoms with van der Waals surface area (Å²) < 4.78 is 46.5. The first-order valence-corrected chi connectivity index (χ1v) is 9.44. The van der Waals surface area contributed by atoms with Crippen molar-refractivity contribution in [3.8, 4) is 0 Å². The van der Waals surface area contributed by atoms with E-state index in [1.165, 1.54) is 18.2 Å². The van der Waals surface area contributed by atoms with Crippen LogP contribution >= 0.6 is 0 Å². The number of fused-ring (bicyclic) bond motifs is 1. The molecule has 0 saturated carbocycles. The minimum absolute atomic E-state index is 0.0297. The molecule has 0 amide bonds. The third kappa shape index (κ3) is 3.03. The van der Waals surface area contributed by atoms with Gasteiger partial charge in [-0.3, -0.25) is 0 Å². The molecule has 2 aliphatic heterocycles. The van der Waals surface area contributed by atoms with Gasteiger partial charge in [-0.2, -0.15) is 4.31 Å². The van der Waals surface area contributed by atoms with E-state index in [-0.39, 0.29) is 23.0 Å². The summed E-state index contributed by atoms with van der Waals surface area (Å²) in [6, 6.07) is 5.14. The van der Waals surface area contributed by atoms with E-state index < -0.39 is 15.8 Å². The first kappa shape index (κ1) is 16.8. The van der Waals surface area contributed by atoms with Crippen molar-refractivity contribution in [2.75, 3.05) is 33.3 Å². The number of nitrogens with zero attached hydrogens (tertiary/aromatic N) is 2. The molecule has 1 aromatic rings. The van der Waals surface area contributed by atoms with E-state index in [2.05, 4.69) is 11.8 Å². The highest BCUT2D eigenvalue weighted by molar-refractivity contribution is 7.89. The second-order valence-electron chi connectivity index (χ2n) is 6.22. The molecule has 0 radical (unpaired) electrons. The summed E-state index contributed by atoms with van der Waals surface area (Å²) in [7, 11) is -2.00. The second kappa shape index (κ2) is 6.47. The van der Waals surface area contributed by atoms with Gasteiger partial charge in [-0.25, -0.2) is 12.8 Å². The number of hydrogen-bond donors (Lipinski definition) is 0. The fraction of sp³-hybridized carbons (Fsp3) is 0.625. The predicted molar refractivity (Wildman–Crippen MR) is 85.1 cm³/mol. The molecule has 2 heterocycles. The van der Waals surface area contributed by atoms with E-state index >= 15 is 0 Å². The SMILES string of the molecule is CCN1C[C@H]2[C@@H](C1)N(S(=O)(=O)c1cccc(F)c1)CC[C@H]2OC. The molecule has 1 aromatic carbocycles. The first-order chi connectivity index (χ1) is 11.0. The zero-order valence-electron chi connectivity index (χ0n) is 13.5. The summed E-state index contributed by atoms with van der Waals surface area (Å²) in [6.45, 7) is 4.92. The van der Waals surface area contributed by atoms with Gasteiger partial charge in [0.2, 0.25) is 10.0 Å². The molecule has 2 fully saturated rings. The van der Waals surface area contributed by atoms with Crippen molar-refractivity contribution < 1.29 is 17.5 Å². The highest BCUT2D eigenvalue weighted by atomic mass is 32.2. The minimum Gasteiger partial charge on any atom is -0.381 e. The minimum atomic E-state index is -3.69. The van der Waals surface area contributed by atoms with Crippen LogP contribution in [0, 0.1) is 11.7 Å². The van der Waals surface area contributed by atoms with Crippen LogP contribution in [0.15, 0.2) is 29.2 Å². The summed E-state index contributed by atoms with van der Waals surface area (Å²) in [5.41, 5.74) is 0. The van der Waals surface area contributed by atoms with Gasteiger partial charge in [0, 0.05) is 38.7 Å². The Bertz CT molecular complexity index is 667. The predicted octanol–water partition coefficient (Wildman–Crippen LogP) is 1.56. The number of sulfonamides is 1. The lowest BCUT2D eigenvalue weighted by atomic mass is 9.91. The molecule has 5 nitrogen and oxygen atoms in total. The van der Waals surface area contributed by atoms with Crippen molar-refractivity contribution in [1.82, 2.24) is 9.21 Å². The zero-order chi connectivity index (χ0) is 16.6. The van der Waals surface area contributed by atoms with Gasteiger partial charge in [-0.1, -0.05) is 13.0 Å². The van der Waals surface area contributed by atoms with Crippen molar-refractivity contribution >= 4 is 10.0 Å². The molecule has 23 heavy (non-hydrogen) atoms. The van der Waals surface area contributed by atoms with Gasteiger partial charge >= 0.3 is 0 Å². The van der Waals surface area contributed by atoms with E-state index in [1.54, 1.807) is 11.4 Å². The quantitative estimate of drug-likeness (QED) is 0.833. The number of methoxy groups -OCH3 is 1. The molecule has 0 spiro atoms. The summed E-state index contributed by atoms with van der Waals surface area (Å²) in [5.74, 6) is -0.368. The Labute approximate surface area is 137 Å². The van der Waals surface area contributed by atoms with Gasteiger partial charge in [-0.15, -0.1) is 0 Å². The molecular formula is C16H23FN2O3S. The van der Waals surface area contributed by atoms with Crippen LogP contribution in [0.2, 0.25) is 0 Å². The maximum absolute atomic E-state index is 13.5. The summed E-state index contributed by atoms with van der Waals surface area (Å²) >= 11 is 0. The number of ether oxygens (including phenoxy) is 1. The number of hydrogen-bond acceptors (Lipinski definition) is 4. The maximum Gasteiger partial charge on any atom is 0.243 e. The number of rotatable bonds is 4. The first-order valence-electron chi connectivity index (χ1n) is 8.00. The molecule has 2 saturated heterocycles. The van der Waals surface area contributed by atoms with Crippen molar-refractivity contribution in [3.05, 3.63) is 30.1 Å². The van der Waals surface area contributed by atoms with Crippen molar-refractivity contribution in [1.29, 1.82) is 0 Å². The standard InChI is InChI=1S/C16H23FN2O3S/c1-3-18-10-14-15(11-18)19(8-7-16(14)22-2)23(20,21)13-6-4-5-12(17)9-13/h4-6,9,14-16H,3,7-8,10-11H2,1-2H3/t14-,15+,16+/m0/s1. The molecule has 0 aliphatic carbocycles. The van der Waals surface area contributed by atoms with Crippen LogP contribution in [0.25, 0.3) is 0 Å². The molecule has 0 aromatic heterocycles. The van der Waals surface area contributed by atoms with E-state index in [1.807, 2.05) is 0 Å². The summed E-state index contributed by atoms with van der Waals surface area (Å²) in [6.07, 6.45) is 0.750. The van der Waals surface area contributed by atoms with Gasteiger partial charge in [0.25, 0.3) is 0 Å². The zero-order valence-corrected chi connectivity index (χ0v) is 14.3. The van der Waals surface area contributed by atoms with Crippen molar-refractivity contribution in [2.45, 2.75) is 30.4 Å². The normalized spacial score (nSPS) is 29.6. The molecule has 3 atom stereocenters. The lowest BCUT2D eigenvalue weighted by Gasteiger charge is -2.40. The van der Waals surface area contributed by atoms with Gasteiger partial charge in [-0.05, 0) is 31.2 Å². The Morgan fingerprint density at radius 3 is 2.78 bits per heavy atom. The maximum atomic E-state index is 13.5. The molecule has 0 unspecified atom stereocenters. The van der Waals surface area contributed by atoms with Gasteiger partial charge in [0.1, 0.15) is 5.82 Å². The summed E-state index contributed by atoms with van der Waals surface area (Å²) in [5, 5.41) is 0. The van der Waals surface area contributed by atoms with Gasteiger partial charge in [0.15, 0.2) is 0 Å². The fourth-order valence-electron chi connectivity index (χ4n) is 3.81. The Morgan fingerprint density at radius 2 is 2.13 bits per heavy atom. The fourth-order valence-corrected chi connectivity index (χ4v) is 5.52. The lowest BCUT2D eigenvalue weighted by molar-refractivity contribution is 0.00238. The molecule has 0 N–H and O–H groups in total. The van der Waals surface area contributed by atoms with E-state index in [4.69, 9.17) is 4.74 Å². The second-order valence-corrected chi connectivity index (χ2v) is 8.11. The largest absolute Gasteiger partial charge is 0.381 e.